The van der Waals surface area contributed by atoms with Gasteiger partial charge in [0.2, 0.25) is 0 Å². The summed E-state index contributed by atoms with van der Waals surface area (Å²) in [4.78, 5) is 0. The summed E-state index contributed by atoms with van der Waals surface area (Å²) in [7, 11) is 0. The van der Waals surface area contributed by atoms with Crippen LogP contribution in [-0.4, -0.2) is 9.61 Å². The molecule has 0 spiro atoms. The van der Waals surface area contributed by atoms with Crippen molar-refractivity contribution in [2.75, 3.05) is 0 Å². The molecule has 0 aliphatic rings. The van der Waals surface area contributed by atoms with Crippen molar-refractivity contribution in [2.24, 2.45) is 0 Å². The van der Waals surface area contributed by atoms with Crippen molar-refractivity contribution in [3.05, 3.63) is 72.1 Å². The molecular formula is C15H9N2. The van der Waals surface area contributed by atoms with E-state index in [1.807, 2.05) is 54.7 Å². The molecule has 17 heavy (non-hydrogen) atoms. The third-order valence-corrected chi connectivity index (χ3v) is 2.46. The number of pyridine rings is 1. The van der Waals surface area contributed by atoms with E-state index < -0.39 is 0 Å². The molecule has 2 heterocycles. The van der Waals surface area contributed by atoms with Crippen molar-refractivity contribution >= 4 is 5.52 Å². The molecular weight excluding hydrogens is 208 g/mol. The highest BCUT2D eigenvalue weighted by molar-refractivity contribution is 5.49. The number of benzene rings is 1. The number of fused-ring (bicyclic) bond motifs is 1. The van der Waals surface area contributed by atoms with E-state index in [2.05, 4.69) is 23.1 Å². The van der Waals surface area contributed by atoms with Gasteiger partial charge in [-0.3, -0.25) is 0 Å². The molecule has 0 atom stereocenters. The monoisotopic (exact) mass is 217 g/mol. The second-order valence-electron chi connectivity index (χ2n) is 3.68. The molecule has 0 bridgehead atoms. The molecule has 0 unspecified atom stereocenters. The molecule has 0 fully saturated rings. The van der Waals surface area contributed by atoms with Crippen molar-refractivity contribution < 1.29 is 0 Å². The lowest BCUT2D eigenvalue weighted by Crippen LogP contribution is -1.87. The van der Waals surface area contributed by atoms with Crippen LogP contribution in [0.1, 0.15) is 11.1 Å². The fourth-order valence-corrected chi connectivity index (χ4v) is 1.60. The highest BCUT2D eigenvalue weighted by Gasteiger charge is 1.93. The van der Waals surface area contributed by atoms with Gasteiger partial charge in [0, 0.05) is 17.3 Å². The zero-order chi connectivity index (χ0) is 11.5. The van der Waals surface area contributed by atoms with E-state index in [0.29, 0.717) is 0 Å². The fourth-order valence-electron chi connectivity index (χ4n) is 1.60. The standard InChI is InChI=1S/C15H9N2/c1-2-4-13(5-3-1)6-7-14-8-9-15-10-11-16-17(15)12-14/h1-5,8-10,12H. The third kappa shape index (κ3) is 2.04. The molecule has 0 saturated carbocycles. The summed E-state index contributed by atoms with van der Waals surface area (Å²) in [5, 5.41) is 4.06. The Labute approximate surface area is 99.5 Å². The first kappa shape index (κ1) is 9.68. The topological polar surface area (TPSA) is 17.3 Å². The van der Waals surface area contributed by atoms with Gasteiger partial charge in [-0.15, -0.1) is 0 Å². The molecule has 2 aromatic heterocycles. The molecule has 1 aromatic carbocycles. The van der Waals surface area contributed by atoms with Gasteiger partial charge in [0.05, 0.1) is 5.52 Å². The van der Waals surface area contributed by atoms with Crippen LogP contribution in [0.15, 0.2) is 54.7 Å². The van der Waals surface area contributed by atoms with Gasteiger partial charge in [-0.25, -0.2) is 4.52 Å². The van der Waals surface area contributed by atoms with Gasteiger partial charge in [-0.05, 0) is 30.3 Å². The third-order valence-electron chi connectivity index (χ3n) is 2.46. The number of aromatic nitrogens is 2. The van der Waals surface area contributed by atoms with Crippen molar-refractivity contribution in [2.45, 2.75) is 0 Å². The zero-order valence-electron chi connectivity index (χ0n) is 9.09. The fraction of sp³-hybridized carbons (Fsp3) is 0. The quantitative estimate of drug-likeness (QED) is 0.529. The molecule has 0 saturated heterocycles. The minimum atomic E-state index is 0.943. The number of hydrogen-bond acceptors (Lipinski definition) is 1. The van der Waals surface area contributed by atoms with Gasteiger partial charge in [0.15, 0.2) is 0 Å². The van der Waals surface area contributed by atoms with Crippen LogP contribution in [-0.2, 0) is 0 Å². The van der Waals surface area contributed by atoms with Gasteiger partial charge in [0.25, 0.3) is 0 Å². The van der Waals surface area contributed by atoms with Crippen molar-refractivity contribution in [3.63, 3.8) is 0 Å². The largest absolute Gasteiger partial charge is 0.239 e. The molecule has 79 valence electrons. The number of hydrogen-bond donors (Lipinski definition) is 0. The van der Waals surface area contributed by atoms with Crippen LogP contribution in [0.25, 0.3) is 5.52 Å². The van der Waals surface area contributed by atoms with E-state index >= 15 is 0 Å². The van der Waals surface area contributed by atoms with E-state index in [9.17, 15) is 0 Å². The predicted octanol–water partition coefficient (Wildman–Crippen LogP) is 2.53. The van der Waals surface area contributed by atoms with E-state index in [-0.39, 0.29) is 0 Å². The molecule has 3 aromatic rings. The van der Waals surface area contributed by atoms with Crippen LogP contribution in [0.5, 0.6) is 0 Å². The van der Waals surface area contributed by atoms with Crippen LogP contribution in [0.4, 0.5) is 0 Å². The smallest absolute Gasteiger partial charge is 0.114 e. The van der Waals surface area contributed by atoms with Crippen molar-refractivity contribution in [3.8, 4) is 11.8 Å². The summed E-state index contributed by atoms with van der Waals surface area (Å²) in [6.07, 6.45) is 4.71. The van der Waals surface area contributed by atoms with Crippen LogP contribution in [0, 0.1) is 18.0 Å². The van der Waals surface area contributed by atoms with E-state index in [4.69, 9.17) is 0 Å². The van der Waals surface area contributed by atoms with E-state index in [0.717, 1.165) is 16.6 Å². The van der Waals surface area contributed by atoms with Gasteiger partial charge >= 0.3 is 0 Å². The second kappa shape index (κ2) is 4.15. The molecule has 0 aliphatic carbocycles. The van der Waals surface area contributed by atoms with Crippen molar-refractivity contribution in [1.82, 2.24) is 9.61 Å². The van der Waals surface area contributed by atoms with E-state index in [1.54, 1.807) is 4.52 Å². The number of nitrogens with zero attached hydrogens (tertiary/aromatic N) is 2. The summed E-state index contributed by atoms with van der Waals surface area (Å²) >= 11 is 0. The number of rotatable bonds is 0. The van der Waals surface area contributed by atoms with Gasteiger partial charge in [0.1, 0.15) is 6.20 Å². The van der Waals surface area contributed by atoms with Gasteiger partial charge < -0.3 is 0 Å². The highest BCUT2D eigenvalue weighted by atomic mass is 15.2. The predicted molar refractivity (Wildman–Crippen MR) is 66.5 cm³/mol. The van der Waals surface area contributed by atoms with Gasteiger partial charge in [-0.2, -0.15) is 5.10 Å². The highest BCUT2D eigenvalue weighted by Crippen LogP contribution is 2.04. The Morgan fingerprint density at radius 3 is 2.65 bits per heavy atom. The molecule has 2 heteroatoms. The molecule has 3 rings (SSSR count). The zero-order valence-corrected chi connectivity index (χ0v) is 9.09. The first-order valence-electron chi connectivity index (χ1n) is 5.34. The second-order valence-corrected chi connectivity index (χ2v) is 3.68. The summed E-state index contributed by atoms with van der Waals surface area (Å²) in [5.74, 6) is 6.23. The maximum absolute atomic E-state index is 4.06. The maximum Gasteiger partial charge on any atom is 0.114 e. The minimum absolute atomic E-state index is 0.943. The first-order chi connectivity index (χ1) is 8.42. The van der Waals surface area contributed by atoms with Crippen LogP contribution >= 0.6 is 0 Å². The molecule has 0 N–H and O–H groups in total. The average Bonchev–Trinajstić information content (AvgIpc) is 2.85. The van der Waals surface area contributed by atoms with Gasteiger partial charge in [-0.1, -0.05) is 30.0 Å². The molecule has 0 amide bonds. The maximum atomic E-state index is 4.06. The SMILES string of the molecule is C(#Cc1ccc2c[c]nn2c1)c1ccccc1. The van der Waals surface area contributed by atoms with Crippen LogP contribution in [0.2, 0.25) is 0 Å². The van der Waals surface area contributed by atoms with E-state index in [1.165, 1.54) is 0 Å². The normalized spacial score (nSPS) is 9.88. The Kier molecular flexibility index (Phi) is 2.36. The summed E-state index contributed by atoms with van der Waals surface area (Å²) < 4.78 is 1.77. The first-order valence-corrected chi connectivity index (χ1v) is 5.34. The average molecular weight is 217 g/mol. The lowest BCUT2D eigenvalue weighted by molar-refractivity contribution is 0.954. The summed E-state index contributed by atoms with van der Waals surface area (Å²) in [6, 6.07) is 15.7. The lowest BCUT2D eigenvalue weighted by Gasteiger charge is -1.93. The Hall–Kier alpha value is -2.53. The van der Waals surface area contributed by atoms with Crippen LogP contribution < -0.4 is 0 Å². The van der Waals surface area contributed by atoms with Crippen LogP contribution in [0.3, 0.4) is 0 Å². The van der Waals surface area contributed by atoms with Crippen molar-refractivity contribution in [1.29, 1.82) is 0 Å². The Morgan fingerprint density at radius 1 is 0.941 bits per heavy atom. The summed E-state index contributed by atoms with van der Waals surface area (Å²) in [5.41, 5.74) is 2.98. The summed E-state index contributed by atoms with van der Waals surface area (Å²) in [6.45, 7) is 0. The molecule has 1 radical (unpaired) electrons. The Morgan fingerprint density at radius 2 is 1.76 bits per heavy atom. The molecule has 0 aliphatic heterocycles. The Bertz CT molecular complexity index is 700. The Balaban J connectivity index is 1.97. The minimum Gasteiger partial charge on any atom is -0.239 e. The molecule has 2 nitrogen and oxygen atoms in total. The lowest BCUT2D eigenvalue weighted by atomic mass is 10.2.